The van der Waals surface area contributed by atoms with Crippen LogP contribution < -0.4 is 0 Å². The van der Waals surface area contributed by atoms with Gasteiger partial charge in [-0.1, -0.05) is 6.92 Å². The third-order valence-electron chi connectivity index (χ3n) is 2.51. The Bertz CT molecular complexity index is 152. The van der Waals surface area contributed by atoms with E-state index in [2.05, 4.69) is 11.7 Å². The third-order valence-corrected chi connectivity index (χ3v) is 2.51. The van der Waals surface area contributed by atoms with Crippen molar-refractivity contribution >= 4 is 0 Å². The van der Waals surface area contributed by atoms with Gasteiger partial charge in [0.2, 0.25) is 0 Å². The van der Waals surface area contributed by atoms with E-state index in [1.54, 1.807) is 7.11 Å². The van der Waals surface area contributed by atoms with Gasteiger partial charge in [0, 0.05) is 12.5 Å². The maximum Gasteiger partial charge on any atom is 0.152 e. The summed E-state index contributed by atoms with van der Waals surface area (Å²) in [6.45, 7) is 5.12. The van der Waals surface area contributed by atoms with Gasteiger partial charge in [0.25, 0.3) is 0 Å². The summed E-state index contributed by atoms with van der Waals surface area (Å²) in [5.74, 6) is 0. The molecule has 0 unspecified atom stereocenters. The van der Waals surface area contributed by atoms with Crippen molar-refractivity contribution < 1.29 is 23.7 Å². The molecular formula is C10H20O5. The van der Waals surface area contributed by atoms with Crippen molar-refractivity contribution in [3.8, 4) is 0 Å². The van der Waals surface area contributed by atoms with Crippen molar-refractivity contribution in [2.24, 2.45) is 5.41 Å². The van der Waals surface area contributed by atoms with Crippen LogP contribution >= 0.6 is 0 Å². The van der Waals surface area contributed by atoms with Crippen LogP contribution in [0, 0.1) is 5.41 Å². The molecule has 90 valence electrons. The lowest BCUT2D eigenvalue weighted by Gasteiger charge is -2.40. The van der Waals surface area contributed by atoms with Gasteiger partial charge in [0.05, 0.1) is 19.8 Å². The zero-order valence-corrected chi connectivity index (χ0v) is 9.49. The topological polar surface area (TPSA) is 46.2 Å². The van der Waals surface area contributed by atoms with Gasteiger partial charge < -0.3 is 23.7 Å². The molecule has 0 N–H and O–H groups in total. The van der Waals surface area contributed by atoms with E-state index in [1.807, 2.05) is 0 Å². The first-order valence-electron chi connectivity index (χ1n) is 5.13. The van der Waals surface area contributed by atoms with E-state index in [1.165, 1.54) is 0 Å². The highest BCUT2D eigenvalue weighted by molar-refractivity contribution is 4.83. The van der Waals surface area contributed by atoms with Gasteiger partial charge in [0.15, 0.2) is 6.79 Å². The highest BCUT2D eigenvalue weighted by Crippen LogP contribution is 2.31. The summed E-state index contributed by atoms with van der Waals surface area (Å²) in [6, 6.07) is 0. The summed E-state index contributed by atoms with van der Waals surface area (Å²) in [5, 5.41) is 0. The molecule has 0 radical (unpaired) electrons. The van der Waals surface area contributed by atoms with Crippen LogP contribution in [0.2, 0.25) is 0 Å². The fraction of sp³-hybridized carbons (Fsp3) is 1.00. The molecule has 1 rings (SSSR count). The van der Waals surface area contributed by atoms with E-state index in [0.29, 0.717) is 6.61 Å². The molecule has 1 heterocycles. The van der Waals surface area contributed by atoms with Crippen LogP contribution in [0.4, 0.5) is 0 Å². The van der Waals surface area contributed by atoms with Crippen LogP contribution in [0.25, 0.3) is 0 Å². The Morgan fingerprint density at radius 1 is 1.07 bits per heavy atom. The van der Waals surface area contributed by atoms with E-state index >= 15 is 0 Å². The lowest BCUT2D eigenvalue weighted by molar-refractivity contribution is -0.199. The zero-order chi connectivity index (χ0) is 11.0. The molecule has 0 aromatic carbocycles. The lowest BCUT2D eigenvalue weighted by atomic mass is 9.84. The van der Waals surface area contributed by atoms with Gasteiger partial charge in [-0.3, -0.25) is 0 Å². The quantitative estimate of drug-likeness (QED) is 0.428. The molecule has 15 heavy (non-hydrogen) atoms. The van der Waals surface area contributed by atoms with Crippen LogP contribution in [-0.4, -0.2) is 47.3 Å². The number of methoxy groups -OCH3 is 1. The van der Waals surface area contributed by atoms with Crippen LogP contribution in [0.3, 0.4) is 0 Å². The van der Waals surface area contributed by atoms with E-state index in [9.17, 15) is 0 Å². The first kappa shape index (κ1) is 12.9. The first-order valence-corrected chi connectivity index (χ1v) is 5.13. The highest BCUT2D eigenvalue weighted by atomic mass is 16.8. The summed E-state index contributed by atoms with van der Waals surface area (Å²) >= 11 is 0. The SMILES string of the molecule is CCC1(COCOCOCOC)COC1. The minimum atomic E-state index is 0.198. The van der Waals surface area contributed by atoms with Crippen LogP contribution in [0.5, 0.6) is 0 Å². The summed E-state index contributed by atoms with van der Waals surface area (Å²) in [5.41, 5.74) is 0.219. The summed E-state index contributed by atoms with van der Waals surface area (Å²) in [4.78, 5) is 0. The second-order valence-electron chi connectivity index (χ2n) is 3.75. The van der Waals surface area contributed by atoms with Gasteiger partial charge in [-0.05, 0) is 6.42 Å². The smallest absolute Gasteiger partial charge is 0.152 e. The lowest BCUT2D eigenvalue weighted by Crippen LogP contribution is -2.45. The predicted octanol–water partition coefficient (Wildman–Crippen LogP) is 0.982. The molecule has 0 bridgehead atoms. The predicted molar refractivity (Wildman–Crippen MR) is 53.3 cm³/mol. The van der Waals surface area contributed by atoms with Crippen molar-refractivity contribution in [3.63, 3.8) is 0 Å². The molecule has 5 nitrogen and oxygen atoms in total. The molecule has 5 heteroatoms. The molecule has 1 aliphatic heterocycles. The fourth-order valence-electron chi connectivity index (χ4n) is 1.31. The summed E-state index contributed by atoms with van der Waals surface area (Å²) < 4.78 is 25.3. The summed E-state index contributed by atoms with van der Waals surface area (Å²) in [7, 11) is 1.57. The Balaban J connectivity index is 1.88. The van der Waals surface area contributed by atoms with Crippen molar-refractivity contribution in [1.29, 1.82) is 0 Å². The Morgan fingerprint density at radius 3 is 2.27 bits per heavy atom. The average Bonchev–Trinajstić information content (AvgIpc) is 2.20. The second-order valence-corrected chi connectivity index (χ2v) is 3.75. The summed E-state index contributed by atoms with van der Waals surface area (Å²) in [6.07, 6.45) is 1.08. The molecule has 0 amide bonds. The fourth-order valence-corrected chi connectivity index (χ4v) is 1.31. The van der Waals surface area contributed by atoms with Crippen LogP contribution in [0.1, 0.15) is 13.3 Å². The molecule has 0 aliphatic carbocycles. The standard InChI is InChI=1S/C10H20O5/c1-3-10(4-12-5-10)6-13-8-15-9-14-7-11-2/h3-9H2,1-2H3. The number of rotatable bonds is 9. The van der Waals surface area contributed by atoms with Crippen LogP contribution in [-0.2, 0) is 23.7 Å². The normalized spacial score (nSPS) is 18.8. The van der Waals surface area contributed by atoms with E-state index in [0.717, 1.165) is 19.6 Å². The Morgan fingerprint density at radius 2 is 1.73 bits per heavy atom. The molecule has 1 aliphatic rings. The molecule has 0 aromatic heterocycles. The van der Waals surface area contributed by atoms with Gasteiger partial charge in [0.1, 0.15) is 13.6 Å². The van der Waals surface area contributed by atoms with Crippen molar-refractivity contribution in [1.82, 2.24) is 0 Å². The molecule has 0 spiro atoms. The molecule has 0 aromatic rings. The van der Waals surface area contributed by atoms with Gasteiger partial charge >= 0.3 is 0 Å². The van der Waals surface area contributed by atoms with Gasteiger partial charge in [-0.25, -0.2) is 0 Å². The van der Waals surface area contributed by atoms with Crippen LogP contribution in [0.15, 0.2) is 0 Å². The largest absolute Gasteiger partial charge is 0.380 e. The van der Waals surface area contributed by atoms with E-state index in [-0.39, 0.29) is 25.8 Å². The average molecular weight is 220 g/mol. The maximum absolute atomic E-state index is 5.39. The Labute approximate surface area is 90.6 Å². The number of ether oxygens (including phenoxy) is 5. The molecular weight excluding hydrogens is 200 g/mol. The van der Waals surface area contributed by atoms with Gasteiger partial charge in [-0.2, -0.15) is 0 Å². The molecule has 1 saturated heterocycles. The first-order chi connectivity index (χ1) is 7.33. The third kappa shape index (κ3) is 4.44. The minimum absolute atomic E-state index is 0.198. The zero-order valence-electron chi connectivity index (χ0n) is 9.49. The highest BCUT2D eigenvalue weighted by Gasteiger charge is 2.36. The molecule has 1 fully saturated rings. The Kier molecular flexibility index (Phi) is 6.12. The Hall–Kier alpha value is -0.200. The van der Waals surface area contributed by atoms with Crippen molar-refractivity contribution in [2.45, 2.75) is 13.3 Å². The number of hydrogen-bond acceptors (Lipinski definition) is 5. The van der Waals surface area contributed by atoms with E-state index in [4.69, 9.17) is 18.9 Å². The minimum Gasteiger partial charge on any atom is -0.380 e. The molecule has 0 atom stereocenters. The van der Waals surface area contributed by atoms with Crippen molar-refractivity contribution in [2.75, 3.05) is 47.3 Å². The monoisotopic (exact) mass is 220 g/mol. The van der Waals surface area contributed by atoms with Gasteiger partial charge in [-0.15, -0.1) is 0 Å². The number of hydrogen-bond donors (Lipinski definition) is 0. The van der Waals surface area contributed by atoms with E-state index < -0.39 is 0 Å². The second kappa shape index (κ2) is 7.14. The maximum atomic E-state index is 5.39. The molecule has 0 saturated carbocycles. The van der Waals surface area contributed by atoms with Crippen molar-refractivity contribution in [3.05, 3.63) is 0 Å².